The molecule has 0 aliphatic carbocycles. The fourth-order valence-electron chi connectivity index (χ4n) is 3.72. The Balaban J connectivity index is 1.50. The largest absolute Gasteiger partial charge is 0.487 e. The molecule has 0 spiro atoms. The maximum atomic E-state index is 13.0. The Morgan fingerprint density at radius 1 is 1.18 bits per heavy atom. The minimum Gasteiger partial charge on any atom is -0.420 e. The predicted molar refractivity (Wildman–Crippen MR) is 116 cm³/mol. The molecule has 1 aliphatic heterocycles. The molecule has 4 aromatic rings. The standard InChI is InChI=1S/C22H16ClF2N5O3/c23-22(24,25)33-16-3-1-15(2-4-16)28-21(31)13-7-17(14-9-26-12-27-10-14)20-18(8-13)29-19-11-32-6-5-30(19)20/h1-4,7-10,12H,5-6,11H2,(H,28,31). The van der Waals surface area contributed by atoms with Crippen molar-refractivity contribution in [2.75, 3.05) is 11.9 Å². The topological polar surface area (TPSA) is 91.2 Å². The van der Waals surface area contributed by atoms with Crippen LogP contribution in [-0.2, 0) is 17.9 Å². The summed E-state index contributed by atoms with van der Waals surface area (Å²) < 4.78 is 37.4. The monoisotopic (exact) mass is 471 g/mol. The van der Waals surface area contributed by atoms with Gasteiger partial charge in [-0.05, 0) is 36.4 Å². The highest BCUT2D eigenvalue weighted by molar-refractivity contribution is 6.20. The van der Waals surface area contributed by atoms with Crippen LogP contribution >= 0.6 is 11.6 Å². The van der Waals surface area contributed by atoms with Gasteiger partial charge in [-0.25, -0.2) is 15.0 Å². The average Bonchev–Trinajstić information content (AvgIpc) is 3.18. The highest BCUT2D eigenvalue weighted by Gasteiger charge is 2.27. The number of carbonyl (C=O) groups excluding carboxylic acids is 1. The van der Waals surface area contributed by atoms with Crippen molar-refractivity contribution in [3.05, 3.63) is 66.5 Å². The van der Waals surface area contributed by atoms with Gasteiger partial charge in [0.15, 0.2) is 0 Å². The second-order valence-corrected chi connectivity index (χ2v) is 7.72. The smallest absolute Gasteiger partial charge is 0.420 e. The van der Waals surface area contributed by atoms with Crippen LogP contribution in [0.15, 0.2) is 55.1 Å². The molecule has 0 saturated carbocycles. The number of nitrogens with zero attached hydrogens (tertiary/aromatic N) is 4. The van der Waals surface area contributed by atoms with E-state index >= 15 is 0 Å². The van der Waals surface area contributed by atoms with Crippen molar-refractivity contribution in [3.63, 3.8) is 0 Å². The highest BCUT2D eigenvalue weighted by atomic mass is 35.5. The number of nitrogens with one attached hydrogen (secondary N) is 1. The van der Waals surface area contributed by atoms with Gasteiger partial charge in [0, 0.05) is 52.9 Å². The maximum Gasteiger partial charge on any atom is 0.487 e. The van der Waals surface area contributed by atoms with Crippen molar-refractivity contribution in [2.24, 2.45) is 0 Å². The first kappa shape index (κ1) is 21.2. The van der Waals surface area contributed by atoms with Gasteiger partial charge in [-0.15, -0.1) is 8.78 Å². The van der Waals surface area contributed by atoms with Crippen molar-refractivity contribution < 1.29 is 23.0 Å². The summed E-state index contributed by atoms with van der Waals surface area (Å²) >= 11 is 4.77. The minimum atomic E-state index is -3.81. The Hall–Kier alpha value is -3.63. The number of alkyl halides is 3. The molecule has 2 aromatic carbocycles. The highest BCUT2D eigenvalue weighted by Crippen LogP contribution is 2.32. The van der Waals surface area contributed by atoms with Crippen LogP contribution in [0.5, 0.6) is 5.75 Å². The molecule has 1 N–H and O–H groups in total. The number of fused-ring (bicyclic) bond motifs is 3. The number of carbonyl (C=O) groups is 1. The van der Waals surface area contributed by atoms with Crippen LogP contribution in [0.4, 0.5) is 14.5 Å². The molecule has 5 rings (SSSR count). The first-order valence-corrected chi connectivity index (χ1v) is 10.3. The van der Waals surface area contributed by atoms with Crippen LogP contribution in [0.1, 0.15) is 16.2 Å². The maximum absolute atomic E-state index is 13.0. The third-order valence-corrected chi connectivity index (χ3v) is 5.17. The molecule has 2 aromatic heterocycles. The van der Waals surface area contributed by atoms with Crippen molar-refractivity contribution in [1.82, 2.24) is 19.5 Å². The second kappa shape index (κ2) is 8.38. The van der Waals surface area contributed by atoms with Crippen molar-refractivity contribution in [2.45, 2.75) is 18.7 Å². The van der Waals surface area contributed by atoms with E-state index in [0.717, 1.165) is 22.5 Å². The number of hydrogen-bond acceptors (Lipinski definition) is 6. The van der Waals surface area contributed by atoms with E-state index in [-0.39, 0.29) is 5.75 Å². The number of halogens is 3. The Morgan fingerprint density at radius 2 is 1.94 bits per heavy atom. The molecular formula is C22H16ClF2N5O3. The summed E-state index contributed by atoms with van der Waals surface area (Å²) in [6.45, 7) is 1.60. The summed E-state index contributed by atoms with van der Waals surface area (Å²) in [7, 11) is 0. The fraction of sp³-hybridized carbons (Fsp3) is 0.182. The van der Waals surface area contributed by atoms with E-state index < -0.39 is 11.5 Å². The van der Waals surface area contributed by atoms with E-state index in [0.29, 0.717) is 36.5 Å². The number of rotatable bonds is 5. The molecular weight excluding hydrogens is 456 g/mol. The summed E-state index contributed by atoms with van der Waals surface area (Å²) in [6, 6.07) is 8.90. The van der Waals surface area contributed by atoms with Crippen LogP contribution in [0.2, 0.25) is 0 Å². The van der Waals surface area contributed by atoms with Gasteiger partial charge in [0.05, 0.1) is 17.6 Å². The van der Waals surface area contributed by atoms with Crippen LogP contribution < -0.4 is 10.1 Å². The average molecular weight is 472 g/mol. The zero-order valence-corrected chi connectivity index (χ0v) is 17.7. The number of aromatic nitrogens is 4. The van der Waals surface area contributed by atoms with E-state index in [1.165, 1.54) is 30.6 Å². The van der Waals surface area contributed by atoms with Gasteiger partial charge in [0.1, 0.15) is 24.5 Å². The van der Waals surface area contributed by atoms with Gasteiger partial charge in [-0.3, -0.25) is 4.79 Å². The van der Waals surface area contributed by atoms with E-state index in [2.05, 4.69) is 29.6 Å². The molecule has 0 fully saturated rings. The summed E-state index contributed by atoms with van der Waals surface area (Å²) in [6.07, 6.45) is 4.78. The zero-order chi connectivity index (χ0) is 23.0. The number of benzene rings is 2. The zero-order valence-electron chi connectivity index (χ0n) is 17.0. The molecule has 0 atom stereocenters. The molecule has 168 valence electrons. The molecule has 0 saturated heterocycles. The van der Waals surface area contributed by atoms with Crippen LogP contribution in [-0.4, -0.2) is 37.6 Å². The number of imidazole rings is 1. The predicted octanol–water partition coefficient (Wildman–Crippen LogP) is 4.44. The lowest BCUT2D eigenvalue weighted by Crippen LogP contribution is -2.17. The first-order valence-electron chi connectivity index (χ1n) is 9.91. The molecule has 11 heteroatoms. The third kappa shape index (κ3) is 4.48. The quantitative estimate of drug-likeness (QED) is 0.433. The van der Waals surface area contributed by atoms with Crippen molar-refractivity contribution >= 4 is 34.2 Å². The number of anilines is 1. The van der Waals surface area contributed by atoms with Crippen molar-refractivity contribution in [1.29, 1.82) is 0 Å². The first-order chi connectivity index (χ1) is 15.9. The van der Waals surface area contributed by atoms with Gasteiger partial charge in [0.2, 0.25) is 0 Å². The SMILES string of the molecule is O=C(Nc1ccc(OC(F)(F)Cl)cc1)c1cc(-c2cncnc2)c2c(c1)nc1n2CCOC1. The van der Waals surface area contributed by atoms with Crippen LogP contribution in [0.25, 0.3) is 22.2 Å². The Kier molecular flexibility index (Phi) is 5.39. The van der Waals surface area contributed by atoms with Gasteiger partial charge < -0.3 is 19.4 Å². The molecule has 0 radical (unpaired) electrons. The van der Waals surface area contributed by atoms with Crippen molar-refractivity contribution in [3.8, 4) is 16.9 Å². The summed E-state index contributed by atoms with van der Waals surface area (Å²) in [5, 5.41) is 2.75. The number of ether oxygens (including phenoxy) is 2. The number of amides is 1. The summed E-state index contributed by atoms with van der Waals surface area (Å²) in [4.78, 5) is 25.9. The fourth-order valence-corrected chi connectivity index (χ4v) is 3.81. The Bertz CT molecular complexity index is 1320. The summed E-state index contributed by atoms with van der Waals surface area (Å²) in [5.74, 6) is 0.249. The lowest BCUT2D eigenvalue weighted by atomic mass is 10.0. The molecule has 8 nitrogen and oxygen atoms in total. The van der Waals surface area contributed by atoms with Gasteiger partial charge in [-0.1, -0.05) is 0 Å². The molecule has 33 heavy (non-hydrogen) atoms. The second-order valence-electron chi connectivity index (χ2n) is 7.28. The normalized spacial score (nSPS) is 13.5. The van der Waals surface area contributed by atoms with E-state index in [9.17, 15) is 13.6 Å². The molecule has 1 amide bonds. The lowest BCUT2D eigenvalue weighted by Gasteiger charge is -2.16. The third-order valence-electron chi connectivity index (χ3n) is 5.09. The molecule has 1 aliphatic rings. The molecule has 0 bridgehead atoms. The Labute approximate surface area is 191 Å². The van der Waals surface area contributed by atoms with E-state index in [4.69, 9.17) is 16.3 Å². The summed E-state index contributed by atoms with van der Waals surface area (Å²) in [5.41, 5.74) is -0.00941. The molecule has 3 heterocycles. The minimum absolute atomic E-state index is 0.133. The van der Waals surface area contributed by atoms with E-state index in [1.807, 2.05) is 0 Å². The van der Waals surface area contributed by atoms with E-state index in [1.54, 1.807) is 24.5 Å². The van der Waals surface area contributed by atoms with Gasteiger partial charge >= 0.3 is 5.57 Å². The number of hydrogen-bond donors (Lipinski definition) is 1. The lowest BCUT2D eigenvalue weighted by molar-refractivity contribution is -0.0964. The van der Waals surface area contributed by atoms with Crippen LogP contribution in [0.3, 0.4) is 0 Å². The van der Waals surface area contributed by atoms with Gasteiger partial charge in [-0.2, -0.15) is 0 Å². The Morgan fingerprint density at radius 3 is 2.67 bits per heavy atom. The van der Waals surface area contributed by atoms with Gasteiger partial charge in [0.25, 0.3) is 5.91 Å². The molecule has 0 unspecified atom stereocenters. The van der Waals surface area contributed by atoms with Crippen LogP contribution in [0, 0.1) is 0 Å².